The Morgan fingerprint density at radius 3 is 2.48 bits per heavy atom. The molecule has 1 aliphatic rings. The Balaban J connectivity index is 2.03. The monoisotopic (exact) mass is 462 g/mol. The van der Waals surface area contributed by atoms with Gasteiger partial charge < -0.3 is 20.3 Å². The number of amides is 2. The van der Waals surface area contributed by atoms with Crippen molar-refractivity contribution in [2.24, 2.45) is 12.5 Å². The molecular formula is C22H27FN4O6. The van der Waals surface area contributed by atoms with Gasteiger partial charge in [-0.15, -0.1) is 0 Å². The molecule has 3 N–H and O–H groups in total. The van der Waals surface area contributed by atoms with Crippen molar-refractivity contribution in [2.75, 3.05) is 13.2 Å². The number of halogens is 1. The van der Waals surface area contributed by atoms with Gasteiger partial charge in [0.2, 0.25) is 5.75 Å². The molecule has 2 atom stereocenters. The lowest BCUT2D eigenvalue weighted by molar-refractivity contribution is -0.113. The van der Waals surface area contributed by atoms with Crippen LogP contribution in [0.3, 0.4) is 0 Å². The summed E-state index contributed by atoms with van der Waals surface area (Å²) in [6.07, 6.45) is -1.89. The van der Waals surface area contributed by atoms with Gasteiger partial charge >= 0.3 is 6.09 Å². The zero-order chi connectivity index (χ0) is 24.5. The maximum Gasteiger partial charge on any atom is 0.408 e. The lowest BCUT2D eigenvalue weighted by atomic mass is 9.82. The molecule has 0 spiro atoms. The summed E-state index contributed by atoms with van der Waals surface area (Å²) in [4.78, 5) is 42.9. The molecule has 0 saturated carbocycles. The predicted octanol–water partition coefficient (Wildman–Crippen LogP) is 2.02. The molecule has 10 nitrogen and oxygen atoms in total. The van der Waals surface area contributed by atoms with Crippen LogP contribution in [-0.2, 0) is 18.3 Å². The molecule has 2 heterocycles. The highest BCUT2D eigenvalue weighted by molar-refractivity contribution is 5.94. The van der Waals surface area contributed by atoms with Crippen molar-refractivity contribution in [1.29, 1.82) is 0 Å². The molecule has 1 aliphatic heterocycles. The van der Waals surface area contributed by atoms with Crippen LogP contribution in [0.1, 0.15) is 48.7 Å². The van der Waals surface area contributed by atoms with Gasteiger partial charge in [0.05, 0.1) is 12.7 Å². The second-order valence-electron chi connectivity index (χ2n) is 8.92. The van der Waals surface area contributed by atoms with Gasteiger partial charge in [-0.2, -0.15) is 0 Å². The molecular weight excluding hydrogens is 435 g/mol. The van der Waals surface area contributed by atoms with Gasteiger partial charge in [0.1, 0.15) is 17.7 Å². The third kappa shape index (κ3) is 4.98. The van der Waals surface area contributed by atoms with Gasteiger partial charge in [0.25, 0.3) is 11.5 Å². The number of rotatable bonds is 4. The van der Waals surface area contributed by atoms with Crippen molar-refractivity contribution in [3.63, 3.8) is 0 Å². The molecule has 2 amide bonds. The maximum absolute atomic E-state index is 13.1. The molecule has 3 rings (SSSR count). The summed E-state index contributed by atoms with van der Waals surface area (Å²) in [5.74, 6) is -2.14. The summed E-state index contributed by atoms with van der Waals surface area (Å²) in [5.41, 5.74) is -1.35. The second-order valence-corrected chi connectivity index (χ2v) is 8.92. The highest BCUT2D eigenvalue weighted by Gasteiger charge is 2.45. The standard InChI is InChI=1S/C22H27FN4O6/c1-22(2,3)17-15(27(21(31)32)9-10-33-17)18-25-14(16(28)20(30)26(18)4)19(29)24-11-12-5-7-13(23)8-6-12/h5-8,15,17,28H,9-11H2,1-4H3,(H,24,29)(H,31,32). The first-order valence-corrected chi connectivity index (χ1v) is 10.4. The van der Waals surface area contributed by atoms with Crippen LogP contribution in [0, 0.1) is 11.2 Å². The number of hydrogen-bond donors (Lipinski definition) is 3. The smallest absolute Gasteiger partial charge is 0.408 e. The Morgan fingerprint density at radius 1 is 1.27 bits per heavy atom. The van der Waals surface area contributed by atoms with Crippen molar-refractivity contribution in [3.8, 4) is 5.75 Å². The fraction of sp³-hybridized carbons (Fsp3) is 0.455. The molecule has 0 bridgehead atoms. The SMILES string of the molecule is Cn1c(C2C(C(C)(C)C)OCCN2C(=O)O)nc(C(=O)NCc2ccc(F)cc2)c(O)c1=O. The average molecular weight is 462 g/mol. The van der Waals surface area contributed by atoms with Crippen LogP contribution in [0.5, 0.6) is 5.75 Å². The Morgan fingerprint density at radius 2 is 1.91 bits per heavy atom. The van der Waals surface area contributed by atoms with Crippen molar-refractivity contribution >= 4 is 12.0 Å². The number of benzene rings is 1. The summed E-state index contributed by atoms with van der Waals surface area (Å²) < 4.78 is 20.0. The molecule has 1 aromatic heterocycles. The van der Waals surface area contributed by atoms with Crippen molar-refractivity contribution in [2.45, 2.75) is 39.5 Å². The van der Waals surface area contributed by atoms with Crippen LogP contribution in [-0.4, -0.2) is 55.9 Å². The van der Waals surface area contributed by atoms with Gasteiger partial charge in [-0.05, 0) is 23.1 Å². The molecule has 2 unspecified atom stereocenters. The van der Waals surface area contributed by atoms with Crippen LogP contribution in [0.25, 0.3) is 0 Å². The lowest BCUT2D eigenvalue weighted by Crippen LogP contribution is -2.53. The summed E-state index contributed by atoms with van der Waals surface area (Å²) in [5, 5.41) is 22.6. The van der Waals surface area contributed by atoms with Crippen LogP contribution in [0.4, 0.5) is 9.18 Å². The average Bonchev–Trinajstić information content (AvgIpc) is 2.76. The quantitative estimate of drug-likeness (QED) is 0.633. The first-order valence-electron chi connectivity index (χ1n) is 10.4. The maximum atomic E-state index is 13.1. The van der Waals surface area contributed by atoms with Crippen LogP contribution in [0.15, 0.2) is 29.1 Å². The fourth-order valence-electron chi connectivity index (χ4n) is 3.78. The molecule has 178 valence electrons. The molecule has 1 saturated heterocycles. The summed E-state index contributed by atoms with van der Waals surface area (Å²) in [6, 6.07) is 4.46. The van der Waals surface area contributed by atoms with Gasteiger partial charge in [0.15, 0.2) is 5.69 Å². The largest absolute Gasteiger partial charge is 0.501 e. The van der Waals surface area contributed by atoms with Crippen molar-refractivity contribution in [3.05, 3.63) is 57.5 Å². The Labute approximate surface area is 189 Å². The van der Waals surface area contributed by atoms with Gasteiger partial charge in [0, 0.05) is 20.1 Å². The molecule has 1 aromatic carbocycles. The van der Waals surface area contributed by atoms with Crippen LogP contribution < -0.4 is 10.9 Å². The number of carbonyl (C=O) groups is 2. The number of aromatic nitrogens is 2. The Kier molecular flexibility index (Phi) is 6.73. The van der Waals surface area contributed by atoms with E-state index in [-0.39, 0.29) is 25.5 Å². The van der Waals surface area contributed by atoms with Crippen molar-refractivity contribution in [1.82, 2.24) is 19.8 Å². The number of morpholine rings is 1. The van der Waals surface area contributed by atoms with E-state index < -0.39 is 52.4 Å². The summed E-state index contributed by atoms with van der Waals surface area (Å²) >= 11 is 0. The van der Waals surface area contributed by atoms with Gasteiger partial charge in [-0.25, -0.2) is 14.2 Å². The highest BCUT2D eigenvalue weighted by Crippen LogP contribution is 2.38. The van der Waals surface area contributed by atoms with E-state index >= 15 is 0 Å². The first-order chi connectivity index (χ1) is 15.4. The normalized spacial score (nSPS) is 18.8. The van der Waals surface area contributed by atoms with Crippen LogP contribution >= 0.6 is 0 Å². The Bertz CT molecular complexity index is 1110. The zero-order valence-corrected chi connectivity index (χ0v) is 18.8. The molecule has 0 radical (unpaired) electrons. The van der Waals surface area contributed by atoms with E-state index in [9.17, 15) is 29.0 Å². The van der Waals surface area contributed by atoms with E-state index in [1.807, 2.05) is 20.8 Å². The van der Waals surface area contributed by atoms with Gasteiger partial charge in [-0.3, -0.25) is 19.1 Å². The second kappa shape index (κ2) is 9.18. The minimum absolute atomic E-state index is 0.00316. The highest BCUT2D eigenvalue weighted by atomic mass is 19.1. The number of carbonyl (C=O) groups excluding carboxylic acids is 1. The van der Waals surface area contributed by atoms with E-state index in [0.29, 0.717) is 5.56 Å². The third-order valence-corrected chi connectivity index (χ3v) is 5.50. The molecule has 11 heteroatoms. The number of carboxylic acid groups (broad SMARTS) is 1. The van der Waals surface area contributed by atoms with E-state index in [4.69, 9.17) is 4.74 Å². The van der Waals surface area contributed by atoms with Crippen molar-refractivity contribution < 1.29 is 28.9 Å². The third-order valence-electron chi connectivity index (χ3n) is 5.50. The summed E-state index contributed by atoms with van der Waals surface area (Å²) in [7, 11) is 1.35. The number of nitrogens with one attached hydrogen (secondary N) is 1. The van der Waals surface area contributed by atoms with E-state index in [1.165, 1.54) is 31.3 Å². The van der Waals surface area contributed by atoms with E-state index in [1.54, 1.807) is 0 Å². The molecule has 2 aromatic rings. The van der Waals surface area contributed by atoms with E-state index in [0.717, 1.165) is 9.47 Å². The van der Waals surface area contributed by atoms with Gasteiger partial charge in [-0.1, -0.05) is 32.9 Å². The summed E-state index contributed by atoms with van der Waals surface area (Å²) in [6.45, 7) is 5.82. The molecule has 1 fully saturated rings. The topological polar surface area (TPSA) is 134 Å². The lowest BCUT2D eigenvalue weighted by Gasteiger charge is -2.45. The molecule has 33 heavy (non-hydrogen) atoms. The number of nitrogens with zero attached hydrogens (tertiary/aromatic N) is 3. The molecule has 0 aliphatic carbocycles. The minimum atomic E-state index is -1.22. The number of aromatic hydroxyl groups is 1. The van der Waals surface area contributed by atoms with Crippen LogP contribution in [0.2, 0.25) is 0 Å². The van der Waals surface area contributed by atoms with E-state index in [2.05, 4.69) is 10.3 Å². The number of hydrogen-bond acceptors (Lipinski definition) is 6. The zero-order valence-electron chi connectivity index (χ0n) is 18.8. The fourth-order valence-corrected chi connectivity index (χ4v) is 3.78. The first kappa shape index (κ1) is 24.2. The number of ether oxygens (including phenoxy) is 1. The minimum Gasteiger partial charge on any atom is -0.501 e. The Hall–Kier alpha value is -3.47. The predicted molar refractivity (Wildman–Crippen MR) is 115 cm³/mol.